The summed E-state index contributed by atoms with van der Waals surface area (Å²) < 4.78 is 2.83. The number of urea groups is 1. The van der Waals surface area contributed by atoms with Gasteiger partial charge in [0.1, 0.15) is 0 Å². The summed E-state index contributed by atoms with van der Waals surface area (Å²) in [6.45, 7) is 2.33. The van der Waals surface area contributed by atoms with Crippen LogP contribution < -0.4 is 5.32 Å². The molecule has 1 aromatic heterocycles. The molecule has 0 radical (unpaired) electrons. The Balaban J connectivity index is 1.39. The lowest BCUT2D eigenvalue weighted by Crippen LogP contribution is -2.42. The van der Waals surface area contributed by atoms with Crippen molar-refractivity contribution in [3.63, 3.8) is 0 Å². The molecule has 2 heterocycles. The van der Waals surface area contributed by atoms with Crippen LogP contribution in [-0.2, 0) is 11.3 Å². The SMILES string of the molecule is O=C(NCCCCn1cc(Br)cn1)N1C[C@@H]2CCC[C@@]2(C(=O)O)C1. The number of likely N-dealkylation sites (tertiary alicyclic amines) is 1. The molecule has 7 nitrogen and oxygen atoms in total. The smallest absolute Gasteiger partial charge is 0.317 e. The van der Waals surface area contributed by atoms with E-state index in [1.807, 2.05) is 10.9 Å². The predicted molar refractivity (Wildman–Crippen MR) is 91.5 cm³/mol. The Morgan fingerprint density at radius 1 is 1.46 bits per heavy atom. The van der Waals surface area contributed by atoms with Crippen molar-refractivity contribution >= 4 is 27.9 Å². The van der Waals surface area contributed by atoms with Gasteiger partial charge in [0.15, 0.2) is 0 Å². The first-order valence-electron chi connectivity index (χ1n) is 8.45. The zero-order valence-corrected chi connectivity index (χ0v) is 15.2. The molecule has 24 heavy (non-hydrogen) atoms. The third kappa shape index (κ3) is 3.43. The van der Waals surface area contributed by atoms with Gasteiger partial charge >= 0.3 is 12.0 Å². The highest BCUT2D eigenvalue weighted by Gasteiger charge is 2.55. The number of hydrogen-bond donors (Lipinski definition) is 2. The van der Waals surface area contributed by atoms with Crippen LogP contribution in [0.4, 0.5) is 4.79 Å². The Bertz CT molecular complexity index is 620. The summed E-state index contributed by atoms with van der Waals surface area (Å²) in [5, 5.41) is 16.7. The van der Waals surface area contributed by atoms with Crippen molar-refractivity contribution in [2.24, 2.45) is 11.3 Å². The van der Waals surface area contributed by atoms with Gasteiger partial charge in [-0.15, -0.1) is 0 Å². The fourth-order valence-electron chi connectivity index (χ4n) is 3.96. The Hall–Kier alpha value is -1.57. The second-order valence-corrected chi connectivity index (χ2v) is 7.71. The summed E-state index contributed by atoms with van der Waals surface area (Å²) in [6.07, 6.45) is 8.03. The number of aliphatic carboxylic acids is 1. The number of unbranched alkanes of at least 4 members (excludes halogenated alkanes) is 1. The normalized spacial score (nSPS) is 25.7. The van der Waals surface area contributed by atoms with Crippen LogP contribution in [0.15, 0.2) is 16.9 Å². The van der Waals surface area contributed by atoms with Crippen LogP contribution in [0.3, 0.4) is 0 Å². The average Bonchev–Trinajstić information content (AvgIpc) is 3.20. The highest BCUT2D eigenvalue weighted by molar-refractivity contribution is 9.10. The molecule has 1 aliphatic heterocycles. The van der Waals surface area contributed by atoms with Gasteiger partial charge in [-0.3, -0.25) is 9.48 Å². The van der Waals surface area contributed by atoms with Gasteiger partial charge in [0.25, 0.3) is 0 Å². The predicted octanol–water partition coefficient (Wildman–Crippen LogP) is 2.32. The van der Waals surface area contributed by atoms with E-state index in [1.54, 1.807) is 11.1 Å². The lowest BCUT2D eigenvalue weighted by molar-refractivity contribution is -0.149. The van der Waals surface area contributed by atoms with Gasteiger partial charge in [-0.2, -0.15) is 5.10 Å². The molecule has 1 saturated carbocycles. The van der Waals surface area contributed by atoms with Crippen molar-refractivity contribution in [3.8, 4) is 0 Å². The molecule has 0 unspecified atom stereocenters. The largest absolute Gasteiger partial charge is 0.481 e. The van der Waals surface area contributed by atoms with Gasteiger partial charge in [0.05, 0.1) is 16.1 Å². The van der Waals surface area contributed by atoms with E-state index in [9.17, 15) is 14.7 Å². The van der Waals surface area contributed by atoms with Gasteiger partial charge < -0.3 is 15.3 Å². The molecular formula is C16H23BrN4O3. The quantitative estimate of drug-likeness (QED) is 0.719. The van der Waals surface area contributed by atoms with Crippen molar-refractivity contribution in [1.82, 2.24) is 20.0 Å². The molecule has 0 aromatic carbocycles. The lowest BCUT2D eigenvalue weighted by Gasteiger charge is -2.23. The summed E-state index contributed by atoms with van der Waals surface area (Å²) >= 11 is 3.36. The Kier molecular flexibility index (Phi) is 5.12. The van der Waals surface area contributed by atoms with Gasteiger partial charge in [0.2, 0.25) is 0 Å². The molecule has 2 amide bonds. The molecule has 1 aliphatic carbocycles. The maximum absolute atomic E-state index is 12.3. The number of rotatable bonds is 6. The lowest BCUT2D eigenvalue weighted by atomic mass is 9.81. The number of carbonyl (C=O) groups excluding carboxylic acids is 1. The van der Waals surface area contributed by atoms with Crippen LogP contribution in [0.1, 0.15) is 32.1 Å². The summed E-state index contributed by atoms with van der Waals surface area (Å²) in [7, 11) is 0. The summed E-state index contributed by atoms with van der Waals surface area (Å²) in [5.74, 6) is -0.635. The number of carboxylic acid groups (broad SMARTS) is 1. The minimum atomic E-state index is -0.745. The number of carboxylic acids is 1. The fraction of sp³-hybridized carbons (Fsp3) is 0.688. The summed E-state index contributed by atoms with van der Waals surface area (Å²) in [6, 6.07) is -0.133. The van der Waals surface area contributed by atoms with Crippen molar-refractivity contribution < 1.29 is 14.7 Å². The molecule has 1 aromatic rings. The van der Waals surface area contributed by atoms with E-state index in [4.69, 9.17) is 0 Å². The van der Waals surface area contributed by atoms with Crippen molar-refractivity contribution in [3.05, 3.63) is 16.9 Å². The van der Waals surface area contributed by atoms with Crippen LogP contribution in [-0.4, -0.2) is 51.4 Å². The second-order valence-electron chi connectivity index (χ2n) is 6.79. The Labute approximate surface area is 149 Å². The Morgan fingerprint density at radius 3 is 2.96 bits per heavy atom. The molecule has 8 heteroatoms. The molecule has 1 saturated heterocycles. The van der Waals surface area contributed by atoms with Crippen molar-refractivity contribution in [2.45, 2.75) is 38.6 Å². The third-order valence-electron chi connectivity index (χ3n) is 5.28. The number of nitrogens with one attached hydrogen (secondary N) is 1. The molecule has 2 fully saturated rings. The van der Waals surface area contributed by atoms with Crippen LogP contribution in [0.5, 0.6) is 0 Å². The molecule has 3 rings (SSSR count). The van der Waals surface area contributed by atoms with E-state index in [0.717, 1.165) is 36.7 Å². The maximum Gasteiger partial charge on any atom is 0.317 e. The van der Waals surface area contributed by atoms with Crippen LogP contribution in [0.25, 0.3) is 0 Å². The number of fused-ring (bicyclic) bond motifs is 1. The van der Waals surface area contributed by atoms with E-state index in [2.05, 4.69) is 26.3 Å². The Morgan fingerprint density at radius 2 is 2.29 bits per heavy atom. The van der Waals surface area contributed by atoms with Crippen LogP contribution in [0.2, 0.25) is 0 Å². The van der Waals surface area contributed by atoms with E-state index in [1.165, 1.54) is 0 Å². The second kappa shape index (κ2) is 7.13. The summed E-state index contributed by atoms with van der Waals surface area (Å²) in [5.41, 5.74) is -0.704. The topological polar surface area (TPSA) is 87.5 Å². The zero-order valence-electron chi connectivity index (χ0n) is 13.6. The first-order chi connectivity index (χ1) is 11.5. The molecule has 2 atom stereocenters. The number of aryl methyl sites for hydroxylation is 1. The van der Waals surface area contributed by atoms with E-state index >= 15 is 0 Å². The number of nitrogens with zero attached hydrogens (tertiary/aromatic N) is 3. The summed E-state index contributed by atoms with van der Waals surface area (Å²) in [4.78, 5) is 25.6. The van der Waals surface area contributed by atoms with Crippen LogP contribution in [0, 0.1) is 11.3 Å². The molecule has 2 aliphatic rings. The minimum absolute atomic E-state index is 0.110. The van der Waals surface area contributed by atoms with Crippen molar-refractivity contribution in [1.29, 1.82) is 0 Å². The minimum Gasteiger partial charge on any atom is -0.481 e. The van der Waals surface area contributed by atoms with Crippen molar-refractivity contribution in [2.75, 3.05) is 19.6 Å². The zero-order chi connectivity index (χ0) is 17.2. The fourth-order valence-corrected chi connectivity index (χ4v) is 4.29. The molecule has 2 N–H and O–H groups in total. The van der Waals surface area contributed by atoms with Crippen LogP contribution >= 0.6 is 15.9 Å². The highest BCUT2D eigenvalue weighted by atomic mass is 79.9. The maximum atomic E-state index is 12.3. The molecular weight excluding hydrogens is 376 g/mol. The number of carbonyl (C=O) groups is 2. The first kappa shape index (κ1) is 17.3. The third-order valence-corrected chi connectivity index (χ3v) is 5.69. The number of amides is 2. The van der Waals surface area contributed by atoms with Gasteiger partial charge in [-0.1, -0.05) is 6.42 Å². The van der Waals surface area contributed by atoms with E-state index < -0.39 is 11.4 Å². The number of hydrogen-bond acceptors (Lipinski definition) is 3. The number of aromatic nitrogens is 2. The number of halogens is 1. The van der Waals surface area contributed by atoms with E-state index in [-0.39, 0.29) is 11.9 Å². The molecule has 132 valence electrons. The van der Waals surface area contributed by atoms with Gasteiger partial charge in [-0.05, 0) is 47.5 Å². The highest BCUT2D eigenvalue weighted by Crippen LogP contribution is 2.48. The monoisotopic (exact) mass is 398 g/mol. The average molecular weight is 399 g/mol. The first-order valence-corrected chi connectivity index (χ1v) is 9.25. The van der Waals surface area contributed by atoms with E-state index in [0.29, 0.717) is 26.1 Å². The standard InChI is InChI=1S/C16H23BrN4O3/c17-13-8-19-21(10-13)7-2-1-6-18-15(24)20-9-12-4-3-5-16(12,11-20)14(22)23/h8,10,12H,1-7,9,11H2,(H,18,24)(H,22,23)/t12-,16+/m0/s1. The van der Waals surface area contributed by atoms with Gasteiger partial charge in [0, 0.05) is 32.4 Å². The van der Waals surface area contributed by atoms with Gasteiger partial charge in [-0.25, -0.2) is 4.79 Å². The molecule has 0 bridgehead atoms. The molecule has 0 spiro atoms.